The minimum Gasteiger partial charge on any atom is -0.478 e. The normalized spacial score (nSPS) is 12.2. The summed E-state index contributed by atoms with van der Waals surface area (Å²) in [6, 6.07) is 13.4. The Kier molecular flexibility index (Phi) is 4.57. The Bertz CT molecular complexity index is 728. The number of carbonyl (C=O) groups is 1. The average molecular weight is 281 g/mol. The molecule has 1 unspecified atom stereocenters. The number of fused-ring (bicyclic) bond motifs is 1. The molecule has 0 aromatic heterocycles. The molecular weight excluding hydrogens is 266 g/mol. The van der Waals surface area contributed by atoms with E-state index in [0.717, 1.165) is 16.8 Å². The van der Waals surface area contributed by atoms with Gasteiger partial charge in [-0.1, -0.05) is 37.3 Å². The van der Waals surface area contributed by atoms with Gasteiger partial charge in [0.15, 0.2) is 6.10 Å². The molecule has 0 bridgehead atoms. The number of rotatable bonds is 5. The van der Waals surface area contributed by atoms with E-state index in [2.05, 4.69) is 6.07 Å². The number of hydrogen-bond donors (Lipinski definition) is 1. The standard InChI is InChI=1S/C17H15NO3/c1-2-13(11-18)21-16-9-7-12-5-3-4-6-14(12)15(16)8-10-17(19)20/h3-10,13H,2H2,1H3,(H,19,20). The molecule has 1 N–H and O–H groups in total. The molecule has 0 radical (unpaired) electrons. The van der Waals surface area contributed by atoms with Gasteiger partial charge in [-0.05, 0) is 29.3 Å². The zero-order valence-corrected chi connectivity index (χ0v) is 11.6. The van der Waals surface area contributed by atoms with E-state index in [1.165, 1.54) is 6.08 Å². The maximum absolute atomic E-state index is 10.8. The summed E-state index contributed by atoms with van der Waals surface area (Å²) in [7, 11) is 0. The fourth-order valence-electron chi connectivity index (χ4n) is 2.06. The van der Waals surface area contributed by atoms with Gasteiger partial charge in [0, 0.05) is 11.6 Å². The van der Waals surface area contributed by atoms with Crippen LogP contribution in [-0.2, 0) is 4.79 Å². The first kappa shape index (κ1) is 14.6. The van der Waals surface area contributed by atoms with Gasteiger partial charge >= 0.3 is 5.97 Å². The number of nitriles is 1. The summed E-state index contributed by atoms with van der Waals surface area (Å²) in [6.45, 7) is 1.86. The Hall–Kier alpha value is -2.80. The topological polar surface area (TPSA) is 70.3 Å². The number of nitrogens with zero attached hydrogens (tertiary/aromatic N) is 1. The summed E-state index contributed by atoms with van der Waals surface area (Å²) in [5, 5.41) is 19.7. The zero-order chi connectivity index (χ0) is 15.2. The molecule has 21 heavy (non-hydrogen) atoms. The first-order valence-electron chi connectivity index (χ1n) is 6.64. The van der Waals surface area contributed by atoms with E-state index in [-0.39, 0.29) is 0 Å². The Morgan fingerprint density at radius 1 is 1.38 bits per heavy atom. The van der Waals surface area contributed by atoms with Crippen molar-refractivity contribution in [2.45, 2.75) is 19.4 Å². The first-order chi connectivity index (χ1) is 10.2. The molecule has 2 rings (SSSR count). The van der Waals surface area contributed by atoms with Crippen molar-refractivity contribution in [2.24, 2.45) is 0 Å². The predicted octanol–water partition coefficient (Wildman–Crippen LogP) is 3.62. The highest BCUT2D eigenvalue weighted by molar-refractivity contribution is 5.96. The van der Waals surface area contributed by atoms with Crippen LogP contribution < -0.4 is 4.74 Å². The molecule has 4 nitrogen and oxygen atoms in total. The molecule has 2 aromatic rings. The predicted molar refractivity (Wildman–Crippen MR) is 80.9 cm³/mol. The third kappa shape index (κ3) is 3.40. The van der Waals surface area contributed by atoms with E-state index in [1.807, 2.05) is 37.3 Å². The lowest BCUT2D eigenvalue weighted by atomic mass is 10.0. The number of benzene rings is 2. The number of aliphatic carboxylic acids is 1. The summed E-state index contributed by atoms with van der Waals surface area (Å²) in [5.74, 6) is -0.513. The maximum atomic E-state index is 10.8. The molecule has 0 aliphatic carbocycles. The Balaban J connectivity index is 2.56. The molecule has 0 saturated carbocycles. The number of carboxylic acid groups (broad SMARTS) is 1. The van der Waals surface area contributed by atoms with Crippen molar-refractivity contribution >= 4 is 22.8 Å². The van der Waals surface area contributed by atoms with Gasteiger partial charge in [-0.25, -0.2) is 4.79 Å². The molecular formula is C17H15NO3. The highest BCUT2D eigenvalue weighted by Gasteiger charge is 2.11. The molecule has 0 amide bonds. The summed E-state index contributed by atoms with van der Waals surface area (Å²) >= 11 is 0. The van der Waals surface area contributed by atoms with Gasteiger partial charge in [0.1, 0.15) is 11.8 Å². The van der Waals surface area contributed by atoms with Crippen molar-refractivity contribution in [2.75, 3.05) is 0 Å². The Morgan fingerprint density at radius 2 is 2.14 bits per heavy atom. The SMILES string of the molecule is CCC(C#N)Oc1ccc2ccccc2c1C=CC(=O)O. The molecule has 106 valence electrons. The summed E-state index contributed by atoms with van der Waals surface area (Å²) < 4.78 is 5.68. The maximum Gasteiger partial charge on any atom is 0.328 e. The van der Waals surface area contributed by atoms with E-state index < -0.39 is 12.1 Å². The quantitative estimate of drug-likeness (QED) is 0.850. The van der Waals surface area contributed by atoms with Crippen molar-refractivity contribution < 1.29 is 14.6 Å². The van der Waals surface area contributed by atoms with Gasteiger partial charge in [0.2, 0.25) is 0 Å². The van der Waals surface area contributed by atoms with Gasteiger partial charge in [0.05, 0.1) is 0 Å². The lowest BCUT2D eigenvalue weighted by molar-refractivity contribution is -0.131. The largest absolute Gasteiger partial charge is 0.478 e. The first-order valence-corrected chi connectivity index (χ1v) is 6.64. The monoisotopic (exact) mass is 281 g/mol. The molecule has 0 heterocycles. The third-order valence-corrected chi connectivity index (χ3v) is 3.11. The molecule has 0 aliphatic heterocycles. The zero-order valence-electron chi connectivity index (χ0n) is 11.6. The molecule has 1 atom stereocenters. The van der Waals surface area contributed by atoms with Gasteiger partial charge in [-0.3, -0.25) is 0 Å². The van der Waals surface area contributed by atoms with Gasteiger partial charge in [-0.15, -0.1) is 0 Å². The van der Waals surface area contributed by atoms with Crippen LogP contribution in [0.2, 0.25) is 0 Å². The molecule has 0 aliphatic rings. The molecule has 2 aromatic carbocycles. The second kappa shape index (κ2) is 6.58. The smallest absolute Gasteiger partial charge is 0.328 e. The van der Waals surface area contributed by atoms with Crippen LogP contribution in [0.15, 0.2) is 42.5 Å². The number of carboxylic acids is 1. The van der Waals surface area contributed by atoms with Crippen molar-refractivity contribution in [3.8, 4) is 11.8 Å². The molecule has 4 heteroatoms. The van der Waals surface area contributed by atoms with E-state index in [9.17, 15) is 4.79 Å². The summed E-state index contributed by atoms with van der Waals surface area (Å²) in [6.07, 6.45) is 2.58. The lowest BCUT2D eigenvalue weighted by Crippen LogP contribution is -2.13. The van der Waals surface area contributed by atoms with Gasteiger partial charge in [0.25, 0.3) is 0 Å². The van der Waals surface area contributed by atoms with Crippen LogP contribution in [0.3, 0.4) is 0 Å². The van der Waals surface area contributed by atoms with Crippen LogP contribution in [-0.4, -0.2) is 17.2 Å². The third-order valence-electron chi connectivity index (χ3n) is 3.11. The highest BCUT2D eigenvalue weighted by Crippen LogP contribution is 2.30. The average Bonchev–Trinajstić information content (AvgIpc) is 2.50. The van der Waals surface area contributed by atoms with E-state index in [0.29, 0.717) is 17.7 Å². The second-order valence-corrected chi connectivity index (χ2v) is 4.51. The Morgan fingerprint density at radius 3 is 2.81 bits per heavy atom. The van der Waals surface area contributed by atoms with Crippen LogP contribution >= 0.6 is 0 Å². The molecule has 0 spiro atoms. The van der Waals surface area contributed by atoms with Crippen molar-refractivity contribution in [3.05, 3.63) is 48.0 Å². The number of ether oxygens (including phenoxy) is 1. The van der Waals surface area contributed by atoms with E-state index in [1.54, 1.807) is 6.07 Å². The summed E-state index contributed by atoms with van der Waals surface area (Å²) in [5.41, 5.74) is 0.671. The van der Waals surface area contributed by atoms with Crippen molar-refractivity contribution in [1.82, 2.24) is 0 Å². The van der Waals surface area contributed by atoms with Crippen LogP contribution in [0.1, 0.15) is 18.9 Å². The number of hydrogen-bond acceptors (Lipinski definition) is 3. The van der Waals surface area contributed by atoms with Gasteiger partial charge < -0.3 is 9.84 Å². The second-order valence-electron chi connectivity index (χ2n) is 4.51. The fraction of sp³-hybridized carbons (Fsp3) is 0.176. The Labute approximate surface area is 122 Å². The van der Waals surface area contributed by atoms with Crippen LogP contribution in [0.25, 0.3) is 16.8 Å². The minimum atomic E-state index is -1.03. The lowest BCUT2D eigenvalue weighted by Gasteiger charge is -2.14. The van der Waals surface area contributed by atoms with Gasteiger partial charge in [-0.2, -0.15) is 5.26 Å². The molecule has 0 saturated heterocycles. The summed E-state index contributed by atoms with van der Waals surface area (Å²) in [4.78, 5) is 10.8. The van der Waals surface area contributed by atoms with E-state index in [4.69, 9.17) is 15.1 Å². The minimum absolute atomic E-state index is 0.514. The van der Waals surface area contributed by atoms with Crippen molar-refractivity contribution in [1.29, 1.82) is 5.26 Å². The van der Waals surface area contributed by atoms with E-state index >= 15 is 0 Å². The molecule has 0 fully saturated rings. The fourth-order valence-corrected chi connectivity index (χ4v) is 2.06. The van der Waals surface area contributed by atoms with Crippen LogP contribution in [0.4, 0.5) is 0 Å². The van der Waals surface area contributed by atoms with Crippen LogP contribution in [0.5, 0.6) is 5.75 Å². The highest BCUT2D eigenvalue weighted by atomic mass is 16.5. The van der Waals surface area contributed by atoms with Crippen LogP contribution in [0, 0.1) is 11.3 Å². The van der Waals surface area contributed by atoms with Crippen molar-refractivity contribution in [3.63, 3.8) is 0 Å².